The van der Waals surface area contributed by atoms with E-state index in [9.17, 15) is 10.2 Å². The number of nitrogens with zero attached hydrogens (tertiary/aromatic N) is 1. The van der Waals surface area contributed by atoms with E-state index in [1.54, 1.807) is 14.0 Å². The van der Waals surface area contributed by atoms with Gasteiger partial charge in [0.05, 0.1) is 18.9 Å². The monoisotopic (exact) mass is 302 g/mol. The van der Waals surface area contributed by atoms with Gasteiger partial charge in [0.1, 0.15) is 24.0 Å². The summed E-state index contributed by atoms with van der Waals surface area (Å²) in [4.78, 5) is 2.07. The highest BCUT2D eigenvalue weighted by Crippen LogP contribution is 2.37. The minimum absolute atomic E-state index is 0.0537. The van der Waals surface area contributed by atoms with E-state index in [1.807, 2.05) is 0 Å². The molecule has 3 aliphatic heterocycles. The average molecular weight is 302 g/mol. The molecule has 3 aliphatic rings. The van der Waals surface area contributed by atoms with E-state index >= 15 is 0 Å². The Bertz CT molecular complexity index is 383. The van der Waals surface area contributed by atoms with Crippen LogP contribution in [-0.2, 0) is 9.47 Å². The van der Waals surface area contributed by atoms with Crippen molar-refractivity contribution in [2.24, 2.45) is 11.7 Å². The second-order valence-corrected chi connectivity index (χ2v) is 6.39. The normalized spacial score (nSPS) is 51.3. The number of hydrogen-bond donors (Lipinski definition) is 5. The largest absolute Gasteiger partial charge is 0.386 e. The maximum atomic E-state index is 10.5. The summed E-state index contributed by atoms with van der Waals surface area (Å²) in [5.74, 6) is 0.265. The van der Waals surface area contributed by atoms with Gasteiger partial charge in [-0.1, -0.05) is 0 Å². The summed E-state index contributed by atoms with van der Waals surface area (Å²) in [5, 5.41) is 27.5. The van der Waals surface area contributed by atoms with Gasteiger partial charge in [-0.3, -0.25) is 15.5 Å². The summed E-state index contributed by atoms with van der Waals surface area (Å²) in [6.45, 7) is 3.24. The predicted octanol–water partition coefficient (Wildman–Crippen LogP) is -2.45. The Kier molecular flexibility index (Phi) is 4.23. The lowest BCUT2D eigenvalue weighted by Crippen LogP contribution is -2.64. The molecule has 0 aliphatic carbocycles. The van der Waals surface area contributed by atoms with Crippen LogP contribution in [0.15, 0.2) is 0 Å². The van der Waals surface area contributed by atoms with Crippen LogP contribution in [0.25, 0.3) is 0 Å². The van der Waals surface area contributed by atoms with Crippen LogP contribution in [0.1, 0.15) is 13.3 Å². The molecule has 3 heterocycles. The zero-order chi connectivity index (χ0) is 15.2. The van der Waals surface area contributed by atoms with Gasteiger partial charge in [-0.15, -0.1) is 0 Å². The van der Waals surface area contributed by atoms with Crippen molar-refractivity contribution in [3.63, 3.8) is 0 Å². The van der Waals surface area contributed by atoms with Crippen molar-refractivity contribution in [2.75, 3.05) is 26.9 Å². The van der Waals surface area contributed by atoms with Crippen molar-refractivity contribution in [3.8, 4) is 0 Å². The molecule has 0 saturated carbocycles. The van der Waals surface area contributed by atoms with Gasteiger partial charge in [0.25, 0.3) is 0 Å². The first-order valence-corrected chi connectivity index (χ1v) is 7.49. The number of ether oxygens (including phenoxy) is 2. The number of methoxy groups -OCH3 is 1. The molecule has 3 unspecified atom stereocenters. The highest BCUT2D eigenvalue weighted by molar-refractivity contribution is 5.04. The Morgan fingerprint density at radius 3 is 2.95 bits per heavy atom. The van der Waals surface area contributed by atoms with Gasteiger partial charge in [0.15, 0.2) is 0 Å². The molecule has 7 atom stereocenters. The molecule has 3 rings (SSSR count). The van der Waals surface area contributed by atoms with E-state index in [2.05, 4.69) is 15.5 Å². The van der Waals surface area contributed by atoms with Gasteiger partial charge >= 0.3 is 0 Å². The number of rotatable bonds is 3. The Morgan fingerprint density at radius 1 is 1.48 bits per heavy atom. The number of fused-ring (bicyclic) bond motifs is 1. The zero-order valence-electron chi connectivity index (χ0n) is 12.5. The summed E-state index contributed by atoms with van der Waals surface area (Å²) < 4.78 is 11.0. The third-order valence-corrected chi connectivity index (χ3v) is 5.06. The third-order valence-electron chi connectivity index (χ3n) is 5.06. The molecule has 3 fully saturated rings. The number of aliphatic hydroxyl groups is 2. The van der Waals surface area contributed by atoms with E-state index in [-0.39, 0.29) is 24.9 Å². The van der Waals surface area contributed by atoms with Crippen molar-refractivity contribution < 1.29 is 19.7 Å². The molecular weight excluding hydrogens is 276 g/mol. The van der Waals surface area contributed by atoms with Crippen LogP contribution in [0, 0.1) is 5.92 Å². The number of likely N-dealkylation sites (tertiary alicyclic amines) is 1. The van der Waals surface area contributed by atoms with Crippen molar-refractivity contribution in [3.05, 3.63) is 0 Å². The Morgan fingerprint density at radius 2 is 2.24 bits per heavy atom. The number of aliphatic hydroxyl groups excluding tert-OH is 1. The maximum absolute atomic E-state index is 10.5. The molecule has 3 saturated heterocycles. The molecular formula is C13H26N4O4. The lowest BCUT2D eigenvalue weighted by Gasteiger charge is -2.39. The van der Waals surface area contributed by atoms with Crippen LogP contribution in [0.3, 0.4) is 0 Å². The van der Waals surface area contributed by atoms with Crippen LogP contribution in [0.4, 0.5) is 0 Å². The fraction of sp³-hybridized carbons (Fsp3) is 1.00. The maximum Gasteiger partial charge on any atom is 0.141 e. The standard InChI is InChI=1S/C13H26N4O4/c1-13(19)8(5-20-2)21-12(9(13)18)17-4-3-7-10(14)15-6-16-11(7)17/h7-12,15-16,18-19H,3-6,14H2,1-2H3/t7?,8-,9+,10?,11?,12-,13-/m1/s1. The average Bonchev–Trinajstić information content (AvgIpc) is 2.95. The molecule has 0 aromatic rings. The molecule has 8 nitrogen and oxygen atoms in total. The van der Waals surface area contributed by atoms with Gasteiger partial charge in [-0.2, -0.15) is 0 Å². The van der Waals surface area contributed by atoms with Crippen molar-refractivity contribution in [2.45, 2.75) is 49.7 Å². The summed E-state index contributed by atoms with van der Waals surface area (Å²) in [6.07, 6.45) is -1.16. The molecule has 0 bridgehead atoms. The smallest absolute Gasteiger partial charge is 0.141 e. The van der Waals surface area contributed by atoms with Crippen molar-refractivity contribution in [1.82, 2.24) is 15.5 Å². The fourth-order valence-electron chi connectivity index (χ4n) is 3.68. The third kappa shape index (κ3) is 2.49. The van der Waals surface area contributed by atoms with Crippen LogP contribution in [-0.4, -0.2) is 78.4 Å². The molecule has 6 N–H and O–H groups in total. The highest BCUT2D eigenvalue weighted by atomic mass is 16.6. The highest BCUT2D eigenvalue weighted by Gasteiger charge is 2.56. The summed E-state index contributed by atoms with van der Waals surface area (Å²) in [7, 11) is 1.55. The molecule has 0 aromatic carbocycles. The summed E-state index contributed by atoms with van der Waals surface area (Å²) in [5.41, 5.74) is 4.77. The quantitative estimate of drug-likeness (QED) is 0.391. The van der Waals surface area contributed by atoms with Crippen molar-refractivity contribution in [1.29, 1.82) is 0 Å². The van der Waals surface area contributed by atoms with Gasteiger partial charge in [0, 0.05) is 26.2 Å². The first kappa shape index (κ1) is 15.6. The van der Waals surface area contributed by atoms with Crippen LogP contribution in [0.2, 0.25) is 0 Å². The minimum atomic E-state index is -1.33. The van der Waals surface area contributed by atoms with Gasteiger partial charge < -0.3 is 25.4 Å². The van der Waals surface area contributed by atoms with Crippen LogP contribution in [0.5, 0.6) is 0 Å². The second-order valence-electron chi connectivity index (χ2n) is 6.39. The number of hydrogen-bond acceptors (Lipinski definition) is 8. The molecule has 0 aromatic heterocycles. The van der Waals surface area contributed by atoms with Crippen LogP contribution >= 0.6 is 0 Å². The first-order chi connectivity index (χ1) is 9.96. The Hall–Kier alpha value is -0.320. The van der Waals surface area contributed by atoms with Crippen LogP contribution < -0.4 is 16.4 Å². The molecule has 8 heteroatoms. The minimum Gasteiger partial charge on any atom is -0.386 e. The lowest BCUT2D eigenvalue weighted by molar-refractivity contribution is -0.115. The zero-order valence-corrected chi connectivity index (χ0v) is 12.5. The number of nitrogens with one attached hydrogen (secondary N) is 2. The van der Waals surface area contributed by atoms with Gasteiger partial charge in [-0.25, -0.2) is 0 Å². The summed E-state index contributed by atoms with van der Waals surface area (Å²) >= 11 is 0. The van der Waals surface area contributed by atoms with Crippen molar-refractivity contribution >= 4 is 0 Å². The van der Waals surface area contributed by atoms with E-state index in [4.69, 9.17) is 15.2 Å². The summed E-state index contributed by atoms with van der Waals surface area (Å²) in [6, 6.07) is 0. The van der Waals surface area contributed by atoms with E-state index < -0.39 is 24.0 Å². The van der Waals surface area contributed by atoms with E-state index in [1.165, 1.54) is 0 Å². The fourth-order valence-corrected chi connectivity index (χ4v) is 3.68. The molecule has 0 spiro atoms. The first-order valence-electron chi connectivity index (χ1n) is 7.49. The lowest BCUT2D eigenvalue weighted by atomic mass is 9.94. The SMILES string of the molecule is COC[C@H]1O[C@@H](N2CCC3C(N)NCNC32)[C@H](O)[C@]1(C)O. The van der Waals surface area contributed by atoms with E-state index in [0.29, 0.717) is 6.67 Å². The van der Waals surface area contributed by atoms with E-state index in [0.717, 1.165) is 13.0 Å². The molecule has 21 heavy (non-hydrogen) atoms. The Balaban J connectivity index is 1.75. The van der Waals surface area contributed by atoms with Gasteiger partial charge in [0.2, 0.25) is 0 Å². The predicted molar refractivity (Wildman–Crippen MR) is 74.9 cm³/mol. The Labute approximate surface area is 124 Å². The van der Waals surface area contributed by atoms with Gasteiger partial charge in [-0.05, 0) is 13.3 Å². The molecule has 0 amide bonds. The molecule has 0 radical (unpaired) electrons. The second kappa shape index (κ2) is 5.71. The number of nitrogens with two attached hydrogens (primary N) is 1. The topological polar surface area (TPSA) is 112 Å². The molecule has 122 valence electrons.